The van der Waals surface area contributed by atoms with Crippen molar-refractivity contribution in [1.29, 1.82) is 0 Å². The Bertz CT molecular complexity index is 1450. The minimum atomic E-state index is -2.15. The van der Waals surface area contributed by atoms with Gasteiger partial charge in [-0.2, -0.15) is 0 Å². The predicted molar refractivity (Wildman–Crippen MR) is 129 cm³/mol. The second-order valence-corrected chi connectivity index (χ2v) is 9.84. The number of carbonyl (C=O) groups is 4. The Morgan fingerprint density at radius 3 is 2.14 bits per heavy atom. The van der Waals surface area contributed by atoms with Crippen molar-refractivity contribution in [2.24, 2.45) is 11.8 Å². The molecule has 3 aromatic carbocycles. The van der Waals surface area contributed by atoms with Crippen molar-refractivity contribution in [3.8, 4) is 0 Å². The first-order valence-electron chi connectivity index (χ1n) is 11.0. The second-order valence-electron chi connectivity index (χ2n) is 9.00. The van der Waals surface area contributed by atoms with Crippen LogP contribution in [-0.2, 0) is 14.3 Å². The Kier molecular flexibility index (Phi) is 4.81. The fourth-order valence-corrected chi connectivity index (χ4v) is 6.07. The van der Waals surface area contributed by atoms with Crippen LogP contribution in [0.2, 0.25) is 10.0 Å². The number of hydrogen-bond acceptors (Lipinski definition) is 5. The summed E-state index contributed by atoms with van der Waals surface area (Å²) in [4.78, 5) is 56.3. The van der Waals surface area contributed by atoms with Gasteiger partial charge in [0.1, 0.15) is 0 Å². The summed E-state index contributed by atoms with van der Waals surface area (Å²) in [6.45, 7) is 1.84. The molecule has 2 amide bonds. The van der Waals surface area contributed by atoms with Gasteiger partial charge in [0, 0.05) is 26.7 Å². The van der Waals surface area contributed by atoms with Crippen molar-refractivity contribution >= 4 is 52.3 Å². The zero-order valence-corrected chi connectivity index (χ0v) is 19.8. The van der Waals surface area contributed by atoms with E-state index in [0.29, 0.717) is 16.3 Å². The molecule has 0 bridgehead atoms. The van der Waals surface area contributed by atoms with Gasteiger partial charge in [0.05, 0.1) is 23.6 Å². The minimum absolute atomic E-state index is 0.174. The van der Waals surface area contributed by atoms with E-state index in [-0.39, 0.29) is 16.1 Å². The molecule has 8 heteroatoms. The summed E-state index contributed by atoms with van der Waals surface area (Å²) in [6.07, 6.45) is -1.10. The smallest absolute Gasteiger partial charge is 0.241 e. The molecule has 1 aliphatic carbocycles. The summed E-state index contributed by atoms with van der Waals surface area (Å²) in [7, 11) is 0. The van der Waals surface area contributed by atoms with Crippen molar-refractivity contribution in [2.75, 3.05) is 4.90 Å². The summed E-state index contributed by atoms with van der Waals surface area (Å²) in [6, 6.07) is 18.0. The topological polar surface area (TPSA) is 80.8 Å². The van der Waals surface area contributed by atoms with E-state index in [1.54, 1.807) is 42.5 Å². The van der Waals surface area contributed by atoms with Crippen LogP contribution < -0.4 is 4.90 Å². The van der Waals surface area contributed by atoms with Gasteiger partial charge in [-0.25, -0.2) is 4.90 Å². The van der Waals surface area contributed by atoms with Gasteiger partial charge >= 0.3 is 0 Å². The number of anilines is 1. The summed E-state index contributed by atoms with van der Waals surface area (Å²) >= 11 is 12.5. The number of imide groups is 1. The number of Topliss-reactive ketones (excluding diaryl/α,β-unsaturated/α-hetero) is 2. The van der Waals surface area contributed by atoms with Crippen LogP contribution in [0.5, 0.6) is 0 Å². The van der Waals surface area contributed by atoms with E-state index >= 15 is 0 Å². The van der Waals surface area contributed by atoms with E-state index in [1.165, 1.54) is 18.2 Å². The van der Waals surface area contributed by atoms with E-state index in [4.69, 9.17) is 27.9 Å². The lowest BCUT2D eigenvalue weighted by Gasteiger charge is -2.27. The standard InChI is InChI=1S/C27H17Cl2NO5/c1-13-5-4-6-15(11-13)30-25(33)20-21(26(30)34)27(23(31)16-7-2-3-8-17(16)24(27)32)35-22(20)18-10-9-14(28)12-19(18)29/h2-12,20-22H,1H3. The lowest BCUT2D eigenvalue weighted by Crippen LogP contribution is -2.51. The molecule has 3 unspecified atom stereocenters. The van der Waals surface area contributed by atoms with E-state index < -0.39 is 46.9 Å². The average Bonchev–Trinajstić information content (AvgIpc) is 3.39. The molecule has 3 atom stereocenters. The molecule has 174 valence electrons. The van der Waals surface area contributed by atoms with Gasteiger partial charge in [-0.05, 0) is 36.8 Å². The number of ether oxygens (including phenoxy) is 1. The van der Waals surface area contributed by atoms with Crippen molar-refractivity contribution in [1.82, 2.24) is 0 Å². The first-order valence-corrected chi connectivity index (χ1v) is 11.8. The molecule has 6 nitrogen and oxygen atoms in total. The second kappa shape index (κ2) is 7.59. The zero-order valence-electron chi connectivity index (χ0n) is 18.3. The van der Waals surface area contributed by atoms with Crippen LogP contribution in [0.25, 0.3) is 0 Å². The molecule has 2 aliphatic heterocycles. The number of fused-ring (bicyclic) bond motifs is 3. The number of nitrogens with zero attached hydrogens (tertiary/aromatic N) is 1. The lowest BCUT2D eigenvalue weighted by atomic mass is 9.77. The number of amides is 2. The number of carbonyl (C=O) groups excluding carboxylic acids is 4. The Morgan fingerprint density at radius 1 is 0.829 bits per heavy atom. The highest BCUT2D eigenvalue weighted by atomic mass is 35.5. The highest BCUT2D eigenvalue weighted by Crippen LogP contribution is 2.58. The zero-order chi connectivity index (χ0) is 24.6. The molecule has 0 radical (unpaired) electrons. The number of hydrogen-bond donors (Lipinski definition) is 0. The SMILES string of the molecule is Cc1cccc(N2C(=O)C3C(c4ccc(Cl)cc4Cl)OC4(C(=O)c5ccccc5C4=O)C3C2=O)c1. The maximum absolute atomic E-state index is 13.9. The third-order valence-electron chi connectivity index (χ3n) is 7.05. The summed E-state index contributed by atoms with van der Waals surface area (Å²) < 4.78 is 6.24. The molecule has 1 spiro atoms. The molecule has 2 heterocycles. The summed E-state index contributed by atoms with van der Waals surface area (Å²) in [5, 5.41) is 0.585. The molecule has 2 saturated heterocycles. The minimum Gasteiger partial charge on any atom is -0.349 e. The number of rotatable bonds is 2. The largest absolute Gasteiger partial charge is 0.349 e. The Morgan fingerprint density at radius 2 is 1.51 bits per heavy atom. The van der Waals surface area contributed by atoms with Gasteiger partial charge in [0.2, 0.25) is 29.0 Å². The Hall–Kier alpha value is -3.32. The number of ketones is 2. The molecule has 0 saturated carbocycles. The van der Waals surface area contributed by atoms with Gasteiger partial charge in [-0.1, -0.05) is 65.7 Å². The van der Waals surface area contributed by atoms with Gasteiger partial charge in [0.15, 0.2) is 0 Å². The van der Waals surface area contributed by atoms with Crippen molar-refractivity contribution in [3.05, 3.63) is 99.0 Å². The summed E-state index contributed by atoms with van der Waals surface area (Å²) in [5.41, 5.74) is -0.189. The summed E-state index contributed by atoms with van der Waals surface area (Å²) in [5.74, 6) is -4.88. The first kappa shape index (κ1) is 22.2. The fraction of sp³-hybridized carbons (Fsp3) is 0.185. The monoisotopic (exact) mass is 505 g/mol. The van der Waals surface area contributed by atoms with Gasteiger partial charge in [-0.15, -0.1) is 0 Å². The number of benzene rings is 3. The average molecular weight is 506 g/mol. The molecule has 6 rings (SSSR count). The van der Waals surface area contributed by atoms with E-state index in [0.717, 1.165) is 10.5 Å². The van der Waals surface area contributed by atoms with Gasteiger partial charge < -0.3 is 4.74 Å². The molecule has 0 N–H and O–H groups in total. The highest BCUT2D eigenvalue weighted by molar-refractivity contribution is 6.37. The third kappa shape index (κ3) is 2.88. The Labute approximate surface area is 210 Å². The molecular weight excluding hydrogens is 489 g/mol. The number of aryl methyl sites for hydroxylation is 1. The van der Waals surface area contributed by atoms with Crippen molar-refractivity contribution in [3.63, 3.8) is 0 Å². The van der Waals surface area contributed by atoms with Crippen LogP contribution in [0, 0.1) is 18.8 Å². The van der Waals surface area contributed by atoms with Crippen LogP contribution in [0.15, 0.2) is 66.7 Å². The van der Waals surface area contributed by atoms with E-state index in [2.05, 4.69) is 0 Å². The fourth-order valence-electron chi connectivity index (χ4n) is 5.55. The lowest BCUT2D eigenvalue weighted by molar-refractivity contribution is -0.127. The number of halogens is 2. The quantitative estimate of drug-likeness (QED) is 0.361. The van der Waals surface area contributed by atoms with Gasteiger partial charge in [-0.3, -0.25) is 19.2 Å². The van der Waals surface area contributed by atoms with Crippen LogP contribution in [0.4, 0.5) is 5.69 Å². The molecule has 3 aromatic rings. The normalized spacial score (nSPS) is 24.4. The van der Waals surface area contributed by atoms with E-state index in [9.17, 15) is 19.2 Å². The first-order chi connectivity index (χ1) is 16.8. The molecule has 0 aromatic heterocycles. The highest BCUT2D eigenvalue weighted by Gasteiger charge is 2.74. The maximum atomic E-state index is 13.9. The third-order valence-corrected chi connectivity index (χ3v) is 7.61. The molecule has 35 heavy (non-hydrogen) atoms. The molecule has 2 fully saturated rings. The van der Waals surface area contributed by atoms with Crippen LogP contribution >= 0.6 is 23.2 Å². The predicted octanol–water partition coefficient (Wildman–Crippen LogP) is 5.00. The molecule has 3 aliphatic rings. The maximum Gasteiger partial charge on any atom is 0.241 e. The molecular formula is C27H17Cl2NO5. The van der Waals surface area contributed by atoms with Crippen LogP contribution in [0.1, 0.15) is 37.9 Å². The van der Waals surface area contributed by atoms with Crippen LogP contribution in [-0.4, -0.2) is 29.0 Å². The van der Waals surface area contributed by atoms with E-state index in [1.807, 2.05) is 13.0 Å². The Balaban J connectivity index is 1.57. The van der Waals surface area contributed by atoms with Crippen molar-refractivity contribution < 1.29 is 23.9 Å². The van der Waals surface area contributed by atoms with Crippen LogP contribution in [0.3, 0.4) is 0 Å². The van der Waals surface area contributed by atoms with Crippen molar-refractivity contribution in [2.45, 2.75) is 18.6 Å². The van der Waals surface area contributed by atoms with Gasteiger partial charge in [0.25, 0.3) is 0 Å².